The molecule has 2 unspecified atom stereocenters. The van der Waals surface area contributed by atoms with Gasteiger partial charge in [-0.25, -0.2) is 0 Å². The van der Waals surface area contributed by atoms with Crippen LogP contribution < -0.4 is 0 Å². The Morgan fingerprint density at radius 2 is 1.71 bits per heavy atom. The molecule has 0 radical (unpaired) electrons. The lowest BCUT2D eigenvalue weighted by Crippen LogP contribution is -2.67. The first-order chi connectivity index (χ1) is 16.9. The Morgan fingerprint density at radius 3 is 2.46 bits per heavy atom. The second kappa shape index (κ2) is 8.09. The Hall–Kier alpha value is -3.38. The van der Waals surface area contributed by atoms with E-state index in [-0.39, 0.29) is 24.3 Å². The summed E-state index contributed by atoms with van der Waals surface area (Å²) in [7, 11) is 0. The number of hydrogen-bond acceptors (Lipinski definition) is 2. The number of hydrogen-bond donors (Lipinski definition) is 1. The zero-order chi connectivity index (χ0) is 24.3. The minimum absolute atomic E-state index is 0.0226. The van der Waals surface area contributed by atoms with Gasteiger partial charge in [-0.3, -0.25) is 9.59 Å². The number of piperazine rings is 1. The van der Waals surface area contributed by atoms with Gasteiger partial charge in [0.2, 0.25) is 5.91 Å². The number of fused-ring (bicyclic) bond motifs is 5. The number of H-pyrrole nitrogens is 1. The van der Waals surface area contributed by atoms with Gasteiger partial charge in [0.15, 0.2) is 5.54 Å². The van der Waals surface area contributed by atoms with E-state index >= 15 is 0 Å². The summed E-state index contributed by atoms with van der Waals surface area (Å²) in [5, 5.41) is 1.10. The van der Waals surface area contributed by atoms with E-state index in [9.17, 15) is 9.59 Å². The first kappa shape index (κ1) is 22.1. The van der Waals surface area contributed by atoms with E-state index in [1.165, 1.54) is 5.56 Å². The molecule has 6 rings (SSSR count). The quantitative estimate of drug-likeness (QED) is 0.384. The molecule has 2 amide bonds. The lowest BCUT2D eigenvalue weighted by atomic mass is 9.76. The van der Waals surface area contributed by atoms with Crippen molar-refractivity contribution >= 4 is 38.6 Å². The maximum atomic E-state index is 14.1. The molecule has 6 heteroatoms. The molecule has 176 valence electrons. The summed E-state index contributed by atoms with van der Waals surface area (Å²) in [6.45, 7) is 4.92. The van der Waals surface area contributed by atoms with Gasteiger partial charge < -0.3 is 14.8 Å². The molecule has 3 aromatic carbocycles. The smallest absolute Gasteiger partial charge is 0.255 e. The number of benzene rings is 3. The summed E-state index contributed by atoms with van der Waals surface area (Å²) in [6.07, 6.45) is 0. The number of aryl methyl sites for hydroxylation is 1. The summed E-state index contributed by atoms with van der Waals surface area (Å²) in [5.41, 5.74) is 5.16. The van der Waals surface area contributed by atoms with Gasteiger partial charge in [-0.05, 0) is 48.7 Å². The number of para-hydroxylation sites is 1. The zero-order valence-electron chi connectivity index (χ0n) is 19.7. The number of carbonyl (C=O) groups is 2. The minimum Gasteiger partial charge on any atom is -0.356 e. The fourth-order valence-electron chi connectivity index (χ4n) is 5.71. The highest BCUT2D eigenvalue weighted by molar-refractivity contribution is 9.10. The van der Waals surface area contributed by atoms with Crippen LogP contribution in [0.2, 0.25) is 0 Å². The van der Waals surface area contributed by atoms with Crippen LogP contribution in [0.3, 0.4) is 0 Å². The van der Waals surface area contributed by atoms with Gasteiger partial charge in [0, 0.05) is 34.4 Å². The highest BCUT2D eigenvalue weighted by Gasteiger charge is 2.56. The standard InChI is InChI=1S/C29H26BrN3O2/c1-18-7-9-19(10-8-18)15-32-17-25(34)33-16-23(20-11-13-21(30)14-12-20)26-22-5-3-4-6-24(22)31-27(26)29(33,2)28(32)35/h3-14,23,31H,15-17H2,1-2H3. The van der Waals surface area contributed by atoms with Crippen LogP contribution in [0.25, 0.3) is 10.9 Å². The van der Waals surface area contributed by atoms with E-state index in [0.29, 0.717) is 13.1 Å². The van der Waals surface area contributed by atoms with Crippen LogP contribution in [0.4, 0.5) is 0 Å². The maximum absolute atomic E-state index is 14.1. The summed E-state index contributed by atoms with van der Waals surface area (Å²) in [6, 6.07) is 24.6. The maximum Gasteiger partial charge on any atom is 0.255 e. The second-order valence-corrected chi connectivity index (χ2v) is 10.7. The molecule has 0 bridgehead atoms. The van der Waals surface area contributed by atoms with Gasteiger partial charge in [0.1, 0.15) is 6.54 Å². The Morgan fingerprint density at radius 1 is 1.00 bits per heavy atom. The van der Waals surface area contributed by atoms with E-state index in [2.05, 4.69) is 39.1 Å². The number of nitrogens with zero attached hydrogens (tertiary/aromatic N) is 2. The topological polar surface area (TPSA) is 56.4 Å². The molecular weight excluding hydrogens is 502 g/mol. The lowest BCUT2D eigenvalue weighted by molar-refractivity contribution is -0.166. The Labute approximate surface area is 212 Å². The molecule has 1 aromatic heterocycles. The second-order valence-electron chi connectivity index (χ2n) is 9.79. The molecule has 0 saturated carbocycles. The number of nitrogens with one attached hydrogen (secondary N) is 1. The van der Waals surface area contributed by atoms with Crippen LogP contribution in [0, 0.1) is 6.92 Å². The van der Waals surface area contributed by atoms with Crippen LogP contribution in [0.5, 0.6) is 0 Å². The summed E-state index contributed by atoms with van der Waals surface area (Å²) in [4.78, 5) is 34.8. The third kappa shape index (κ3) is 3.42. The van der Waals surface area contributed by atoms with Crippen molar-refractivity contribution in [3.05, 3.63) is 105 Å². The molecule has 1 saturated heterocycles. The van der Waals surface area contributed by atoms with Crippen molar-refractivity contribution < 1.29 is 9.59 Å². The molecule has 4 aromatic rings. The normalized spacial score (nSPS) is 21.9. The number of carbonyl (C=O) groups excluding carboxylic acids is 2. The third-order valence-electron chi connectivity index (χ3n) is 7.58. The van der Waals surface area contributed by atoms with Gasteiger partial charge in [-0.1, -0.05) is 76.1 Å². The van der Waals surface area contributed by atoms with Crippen LogP contribution in [-0.2, 0) is 21.7 Å². The SMILES string of the molecule is Cc1ccc(CN2CC(=O)N3CC(c4ccc(Br)cc4)c4c([nH]c5ccccc45)C3(C)C2=O)cc1. The average Bonchev–Trinajstić information content (AvgIpc) is 3.25. The molecule has 1 N–H and O–H groups in total. The fourth-order valence-corrected chi connectivity index (χ4v) is 5.98. The van der Waals surface area contributed by atoms with Crippen molar-refractivity contribution in [2.75, 3.05) is 13.1 Å². The predicted molar refractivity (Wildman–Crippen MR) is 140 cm³/mol. The minimum atomic E-state index is -1.08. The highest BCUT2D eigenvalue weighted by Crippen LogP contribution is 2.48. The van der Waals surface area contributed by atoms with Gasteiger partial charge >= 0.3 is 0 Å². The molecule has 5 nitrogen and oxygen atoms in total. The van der Waals surface area contributed by atoms with Gasteiger partial charge in [0.25, 0.3) is 5.91 Å². The van der Waals surface area contributed by atoms with E-state index in [1.54, 1.807) is 9.80 Å². The highest BCUT2D eigenvalue weighted by atomic mass is 79.9. The summed E-state index contributed by atoms with van der Waals surface area (Å²) in [5.74, 6) is -0.0897. The monoisotopic (exact) mass is 527 g/mol. The fraction of sp³-hybridized carbons (Fsp3) is 0.241. The average molecular weight is 528 g/mol. The lowest BCUT2D eigenvalue weighted by Gasteiger charge is -2.51. The molecule has 0 aliphatic carbocycles. The third-order valence-corrected chi connectivity index (χ3v) is 8.11. The van der Waals surface area contributed by atoms with E-state index < -0.39 is 5.54 Å². The van der Waals surface area contributed by atoms with E-state index in [4.69, 9.17) is 0 Å². The molecule has 2 atom stereocenters. The Balaban J connectivity index is 1.49. The molecule has 0 spiro atoms. The van der Waals surface area contributed by atoms with Gasteiger partial charge in [-0.2, -0.15) is 0 Å². The van der Waals surface area contributed by atoms with Gasteiger partial charge in [0.05, 0.1) is 5.69 Å². The van der Waals surface area contributed by atoms with Crippen LogP contribution >= 0.6 is 15.9 Å². The van der Waals surface area contributed by atoms with Crippen LogP contribution in [-0.4, -0.2) is 39.7 Å². The van der Waals surface area contributed by atoms with Crippen molar-refractivity contribution in [1.82, 2.24) is 14.8 Å². The summed E-state index contributed by atoms with van der Waals surface area (Å²) >= 11 is 3.53. The Bertz CT molecular complexity index is 1460. The first-order valence-electron chi connectivity index (χ1n) is 11.9. The number of aromatic amines is 1. The number of halogens is 1. The van der Waals surface area contributed by atoms with Gasteiger partial charge in [-0.15, -0.1) is 0 Å². The molecular formula is C29H26BrN3O2. The van der Waals surface area contributed by atoms with E-state index in [0.717, 1.165) is 37.8 Å². The molecule has 3 heterocycles. The van der Waals surface area contributed by atoms with Crippen molar-refractivity contribution in [3.8, 4) is 0 Å². The largest absolute Gasteiger partial charge is 0.356 e. The van der Waals surface area contributed by atoms with Crippen molar-refractivity contribution in [2.45, 2.75) is 31.8 Å². The van der Waals surface area contributed by atoms with Crippen molar-refractivity contribution in [1.29, 1.82) is 0 Å². The van der Waals surface area contributed by atoms with Crippen molar-refractivity contribution in [3.63, 3.8) is 0 Å². The molecule has 2 aliphatic rings. The first-order valence-corrected chi connectivity index (χ1v) is 12.7. The zero-order valence-corrected chi connectivity index (χ0v) is 21.3. The van der Waals surface area contributed by atoms with Crippen molar-refractivity contribution in [2.24, 2.45) is 0 Å². The van der Waals surface area contributed by atoms with Crippen LogP contribution in [0.15, 0.2) is 77.3 Å². The predicted octanol–water partition coefficient (Wildman–Crippen LogP) is 5.47. The number of amides is 2. The number of rotatable bonds is 3. The van der Waals surface area contributed by atoms with E-state index in [1.807, 2.05) is 68.4 Å². The molecule has 2 aliphatic heterocycles. The Kier molecular flexibility index (Phi) is 5.11. The number of aromatic nitrogens is 1. The molecule has 1 fully saturated rings. The van der Waals surface area contributed by atoms with Crippen LogP contribution in [0.1, 0.15) is 40.8 Å². The molecule has 35 heavy (non-hydrogen) atoms. The summed E-state index contributed by atoms with van der Waals surface area (Å²) < 4.78 is 1.01.